The molecule has 0 aliphatic rings. The molecule has 0 saturated heterocycles. The van der Waals surface area contributed by atoms with Gasteiger partial charge in [-0.1, -0.05) is 6.92 Å². The second kappa shape index (κ2) is 9.86. The molecule has 19 heavy (non-hydrogen) atoms. The maximum Gasteiger partial charge on any atom is 0.321 e. The number of hydrogen-bond acceptors (Lipinski definition) is 4. The van der Waals surface area contributed by atoms with Crippen molar-refractivity contribution in [1.29, 1.82) is 0 Å². The van der Waals surface area contributed by atoms with Crippen molar-refractivity contribution in [2.24, 2.45) is 0 Å². The molecule has 0 bridgehead atoms. The van der Waals surface area contributed by atoms with E-state index in [0.29, 0.717) is 6.54 Å². The van der Waals surface area contributed by atoms with Crippen LogP contribution in [0.15, 0.2) is 0 Å². The number of urea groups is 1. The van der Waals surface area contributed by atoms with Crippen LogP contribution in [0.2, 0.25) is 0 Å². The normalized spacial score (nSPS) is 9.53. The molecule has 0 fully saturated rings. The van der Waals surface area contributed by atoms with Crippen LogP contribution in [-0.2, 0) is 14.4 Å². The zero-order valence-corrected chi connectivity index (χ0v) is 10.8. The molecule has 0 aliphatic heterocycles. The summed E-state index contributed by atoms with van der Waals surface area (Å²) >= 11 is 0. The Morgan fingerprint density at radius 1 is 1.00 bits per heavy atom. The number of carboxylic acids is 1. The molecule has 0 aromatic heterocycles. The predicted molar refractivity (Wildman–Crippen MR) is 66.3 cm³/mol. The molecule has 8 heteroatoms. The van der Waals surface area contributed by atoms with Gasteiger partial charge in [0.15, 0.2) is 0 Å². The van der Waals surface area contributed by atoms with Crippen LogP contribution >= 0.6 is 0 Å². The van der Waals surface area contributed by atoms with Gasteiger partial charge >= 0.3 is 12.0 Å². The third-order valence-electron chi connectivity index (χ3n) is 2.03. The van der Waals surface area contributed by atoms with E-state index in [1.54, 1.807) is 0 Å². The van der Waals surface area contributed by atoms with Crippen LogP contribution in [0.1, 0.15) is 32.6 Å². The first-order valence-corrected chi connectivity index (χ1v) is 6.01. The highest BCUT2D eigenvalue weighted by atomic mass is 16.4. The second-order valence-corrected chi connectivity index (χ2v) is 3.83. The molecule has 8 nitrogen and oxygen atoms in total. The fraction of sp³-hybridized carbons (Fsp3) is 0.636. The lowest BCUT2D eigenvalue weighted by molar-refractivity contribution is -0.137. The fourth-order valence-corrected chi connectivity index (χ4v) is 1.12. The molecule has 0 heterocycles. The molecule has 0 spiro atoms. The minimum Gasteiger partial charge on any atom is -0.481 e. The standard InChI is InChI=1S/C11H19N3O5/c1-2-6-12-9(16)7-13-11(19)14-8(15)4-3-5-10(17)18/h2-7H2,1H3,(H,12,16)(H,17,18)(H2,13,14,15,19). The Kier molecular flexibility index (Phi) is 8.76. The van der Waals surface area contributed by atoms with Crippen LogP contribution in [-0.4, -0.2) is 42.0 Å². The number of carbonyl (C=O) groups is 4. The number of rotatable bonds is 8. The van der Waals surface area contributed by atoms with E-state index in [-0.39, 0.29) is 31.7 Å². The maximum atomic E-state index is 11.2. The quantitative estimate of drug-likeness (QED) is 0.478. The van der Waals surface area contributed by atoms with E-state index in [9.17, 15) is 19.2 Å². The molecule has 108 valence electrons. The van der Waals surface area contributed by atoms with Gasteiger partial charge in [0.25, 0.3) is 0 Å². The predicted octanol–water partition coefficient (Wildman–Crippen LogP) is -0.407. The highest BCUT2D eigenvalue weighted by Gasteiger charge is 2.09. The minimum absolute atomic E-state index is 0.0538. The Balaban J connectivity index is 3.70. The van der Waals surface area contributed by atoms with Crippen molar-refractivity contribution >= 4 is 23.8 Å². The monoisotopic (exact) mass is 273 g/mol. The number of hydrogen-bond donors (Lipinski definition) is 4. The minimum atomic E-state index is -0.996. The lowest BCUT2D eigenvalue weighted by Gasteiger charge is -2.06. The van der Waals surface area contributed by atoms with Crippen molar-refractivity contribution in [3.05, 3.63) is 0 Å². The van der Waals surface area contributed by atoms with E-state index in [2.05, 4.69) is 10.6 Å². The van der Waals surface area contributed by atoms with Crippen molar-refractivity contribution < 1.29 is 24.3 Å². The van der Waals surface area contributed by atoms with E-state index >= 15 is 0 Å². The molecule has 0 unspecified atom stereocenters. The third kappa shape index (κ3) is 10.7. The summed E-state index contributed by atoms with van der Waals surface area (Å²) in [4.78, 5) is 43.7. The van der Waals surface area contributed by atoms with Crippen LogP contribution in [0.4, 0.5) is 4.79 Å². The van der Waals surface area contributed by atoms with Gasteiger partial charge in [0, 0.05) is 19.4 Å². The average Bonchev–Trinajstić information content (AvgIpc) is 2.33. The molecule has 4 N–H and O–H groups in total. The summed E-state index contributed by atoms with van der Waals surface area (Å²) in [6.45, 7) is 2.21. The summed E-state index contributed by atoms with van der Waals surface area (Å²) in [6.07, 6.45) is 0.766. The van der Waals surface area contributed by atoms with E-state index in [1.165, 1.54) is 0 Å². The lowest BCUT2D eigenvalue weighted by Crippen LogP contribution is -2.44. The number of carboxylic acid groups (broad SMARTS) is 1. The summed E-state index contributed by atoms with van der Waals surface area (Å²) in [5, 5.41) is 15.2. The summed E-state index contributed by atoms with van der Waals surface area (Å²) in [7, 11) is 0. The van der Waals surface area contributed by atoms with Crippen LogP contribution in [0.5, 0.6) is 0 Å². The van der Waals surface area contributed by atoms with Crippen molar-refractivity contribution in [2.45, 2.75) is 32.6 Å². The number of carbonyl (C=O) groups excluding carboxylic acids is 3. The van der Waals surface area contributed by atoms with Gasteiger partial charge in [-0.2, -0.15) is 0 Å². The average molecular weight is 273 g/mol. The van der Waals surface area contributed by atoms with Gasteiger partial charge in [-0.3, -0.25) is 19.7 Å². The SMILES string of the molecule is CCCNC(=O)CNC(=O)NC(=O)CCCC(=O)O. The largest absolute Gasteiger partial charge is 0.481 e. The number of aliphatic carboxylic acids is 1. The van der Waals surface area contributed by atoms with Crippen molar-refractivity contribution in [2.75, 3.05) is 13.1 Å². The molecule has 0 atom stereocenters. The fourth-order valence-electron chi connectivity index (χ4n) is 1.12. The molecule has 0 aliphatic carbocycles. The summed E-state index contributed by atoms with van der Waals surface area (Å²) in [5.41, 5.74) is 0. The summed E-state index contributed by atoms with van der Waals surface area (Å²) in [5.74, 6) is -1.91. The molecule has 0 radical (unpaired) electrons. The van der Waals surface area contributed by atoms with Crippen LogP contribution in [0.3, 0.4) is 0 Å². The van der Waals surface area contributed by atoms with Gasteiger partial charge in [-0.25, -0.2) is 4.79 Å². The first-order chi connectivity index (χ1) is 8.95. The van der Waals surface area contributed by atoms with Gasteiger partial charge in [-0.15, -0.1) is 0 Å². The van der Waals surface area contributed by atoms with Gasteiger partial charge < -0.3 is 15.7 Å². The highest BCUT2D eigenvalue weighted by molar-refractivity contribution is 5.95. The summed E-state index contributed by atoms with van der Waals surface area (Å²) < 4.78 is 0. The highest BCUT2D eigenvalue weighted by Crippen LogP contribution is 1.94. The number of amides is 4. The van der Waals surface area contributed by atoms with Crippen LogP contribution in [0, 0.1) is 0 Å². The van der Waals surface area contributed by atoms with Gasteiger partial charge in [0.05, 0.1) is 6.54 Å². The lowest BCUT2D eigenvalue weighted by atomic mass is 10.2. The van der Waals surface area contributed by atoms with Gasteiger partial charge in [0.1, 0.15) is 0 Å². The van der Waals surface area contributed by atoms with E-state index in [1.807, 2.05) is 12.2 Å². The third-order valence-corrected chi connectivity index (χ3v) is 2.03. The Bertz CT molecular complexity index is 343. The molecular formula is C11H19N3O5. The summed E-state index contributed by atoms with van der Waals surface area (Å²) in [6, 6.07) is -0.771. The second-order valence-electron chi connectivity index (χ2n) is 3.83. The van der Waals surface area contributed by atoms with Gasteiger partial charge in [0.2, 0.25) is 11.8 Å². The van der Waals surface area contributed by atoms with Crippen molar-refractivity contribution in [3.63, 3.8) is 0 Å². The Hall–Kier alpha value is -2.12. The zero-order chi connectivity index (χ0) is 14.7. The van der Waals surface area contributed by atoms with Crippen molar-refractivity contribution in [3.8, 4) is 0 Å². The smallest absolute Gasteiger partial charge is 0.321 e. The molecule has 0 saturated carbocycles. The number of nitrogens with one attached hydrogen (secondary N) is 3. The molecular weight excluding hydrogens is 254 g/mol. The first kappa shape index (κ1) is 16.9. The van der Waals surface area contributed by atoms with Crippen LogP contribution in [0.25, 0.3) is 0 Å². The molecule has 4 amide bonds. The maximum absolute atomic E-state index is 11.2. The van der Waals surface area contributed by atoms with Crippen LogP contribution < -0.4 is 16.0 Å². The Labute approximate surface area is 110 Å². The van der Waals surface area contributed by atoms with E-state index in [0.717, 1.165) is 6.42 Å². The van der Waals surface area contributed by atoms with E-state index < -0.39 is 17.9 Å². The molecule has 0 aromatic rings. The van der Waals surface area contributed by atoms with E-state index in [4.69, 9.17) is 5.11 Å². The topological polar surface area (TPSA) is 125 Å². The first-order valence-electron chi connectivity index (χ1n) is 6.01. The number of imide groups is 1. The Morgan fingerprint density at radius 2 is 1.68 bits per heavy atom. The Morgan fingerprint density at radius 3 is 2.26 bits per heavy atom. The van der Waals surface area contributed by atoms with Gasteiger partial charge in [-0.05, 0) is 12.8 Å². The zero-order valence-electron chi connectivity index (χ0n) is 10.8. The van der Waals surface area contributed by atoms with Crippen molar-refractivity contribution in [1.82, 2.24) is 16.0 Å². The molecule has 0 aromatic carbocycles. The molecule has 0 rings (SSSR count).